The molecule has 2 rings (SSSR count). The van der Waals surface area contributed by atoms with E-state index < -0.39 is 0 Å². The second-order valence-electron chi connectivity index (χ2n) is 4.40. The first-order valence-electron chi connectivity index (χ1n) is 6.31. The van der Waals surface area contributed by atoms with Gasteiger partial charge in [-0.2, -0.15) is 0 Å². The molecule has 0 amide bonds. The maximum absolute atomic E-state index is 11.5. The van der Waals surface area contributed by atoms with E-state index in [1.165, 1.54) is 5.56 Å². The van der Waals surface area contributed by atoms with E-state index in [4.69, 9.17) is 9.47 Å². The van der Waals surface area contributed by atoms with Gasteiger partial charge in [-0.25, -0.2) is 0 Å². The van der Waals surface area contributed by atoms with Crippen molar-refractivity contribution in [1.82, 2.24) is 4.90 Å². The van der Waals surface area contributed by atoms with Crippen LogP contribution in [-0.4, -0.2) is 43.4 Å². The highest BCUT2D eigenvalue weighted by molar-refractivity contribution is 5.71. The maximum atomic E-state index is 11.5. The monoisotopic (exact) mass is 249 g/mol. The third-order valence-corrected chi connectivity index (χ3v) is 3.04. The van der Waals surface area contributed by atoms with Crippen LogP contribution in [0.4, 0.5) is 0 Å². The summed E-state index contributed by atoms with van der Waals surface area (Å²) in [6.45, 7) is 3.74. The van der Waals surface area contributed by atoms with Crippen molar-refractivity contribution in [2.75, 3.05) is 26.5 Å². The summed E-state index contributed by atoms with van der Waals surface area (Å²) in [5.74, 6) is -0.180. The van der Waals surface area contributed by atoms with Crippen molar-refractivity contribution in [3.05, 3.63) is 35.9 Å². The van der Waals surface area contributed by atoms with E-state index in [0.717, 1.165) is 6.42 Å². The van der Waals surface area contributed by atoms with Crippen LogP contribution in [0.15, 0.2) is 30.3 Å². The van der Waals surface area contributed by atoms with Crippen molar-refractivity contribution in [2.45, 2.75) is 19.4 Å². The lowest BCUT2D eigenvalue weighted by atomic mass is 10.1. The predicted octanol–water partition coefficient (Wildman–Crippen LogP) is 1.45. The van der Waals surface area contributed by atoms with Crippen LogP contribution in [0.25, 0.3) is 0 Å². The molecule has 1 saturated heterocycles. The highest BCUT2D eigenvalue weighted by atomic mass is 16.5. The number of hydrogen-bond donors (Lipinski definition) is 0. The molecule has 0 aromatic heterocycles. The zero-order valence-corrected chi connectivity index (χ0v) is 10.7. The molecule has 1 fully saturated rings. The van der Waals surface area contributed by atoms with Crippen LogP contribution in [0.3, 0.4) is 0 Å². The average Bonchev–Trinajstić information content (AvgIpc) is 2.78. The van der Waals surface area contributed by atoms with Gasteiger partial charge >= 0.3 is 5.97 Å². The molecule has 1 aromatic rings. The van der Waals surface area contributed by atoms with Crippen molar-refractivity contribution < 1.29 is 14.3 Å². The lowest BCUT2D eigenvalue weighted by molar-refractivity contribution is -0.145. The fraction of sp³-hybridized carbons (Fsp3) is 0.500. The zero-order chi connectivity index (χ0) is 12.8. The Labute approximate surface area is 107 Å². The summed E-state index contributed by atoms with van der Waals surface area (Å²) in [7, 11) is 0. The van der Waals surface area contributed by atoms with E-state index in [2.05, 4.69) is 12.1 Å². The molecule has 1 aliphatic heterocycles. The van der Waals surface area contributed by atoms with E-state index >= 15 is 0 Å². The summed E-state index contributed by atoms with van der Waals surface area (Å²) in [5.41, 5.74) is 1.27. The summed E-state index contributed by atoms with van der Waals surface area (Å²) >= 11 is 0. The minimum atomic E-state index is -0.180. The first-order chi connectivity index (χ1) is 8.79. The molecule has 1 heterocycles. The Kier molecular flexibility index (Phi) is 4.73. The fourth-order valence-electron chi connectivity index (χ4n) is 2.14. The first kappa shape index (κ1) is 13.1. The van der Waals surface area contributed by atoms with Gasteiger partial charge in [-0.05, 0) is 18.9 Å². The minimum Gasteiger partial charge on any atom is -0.465 e. The minimum absolute atomic E-state index is 0.180. The van der Waals surface area contributed by atoms with Crippen LogP contribution < -0.4 is 0 Å². The van der Waals surface area contributed by atoms with Crippen molar-refractivity contribution in [3.8, 4) is 0 Å². The van der Waals surface area contributed by atoms with Crippen LogP contribution in [0, 0.1) is 0 Å². The number of ether oxygens (including phenoxy) is 2. The molecule has 98 valence electrons. The molecule has 4 nitrogen and oxygen atoms in total. The van der Waals surface area contributed by atoms with E-state index in [0.29, 0.717) is 26.5 Å². The molecule has 1 atom stereocenters. The molecule has 0 radical (unpaired) electrons. The van der Waals surface area contributed by atoms with Crippen LogP contribution >= 0.6 is 0 Å². The van der Waals surface area contributed by atoms with E-state index in [-0.39, 0.29) is 12.0 Å². The quantitative estimate of drug-likeness (QED) is 0.740. The molecule has 0 aliphatic carbocycles. The normalized spacial score (nSPS) is 19.9. The highest BCUT2D eigenvalue weighted by Gasteiger charge is 2.27. The first-order valence-corrected chi connectivity index (χ1v) is 6.31. The van der Waals surface area contributed by atoms with Crippen LogP contribution in [-0.2, 0) is 20.7 Å². The molecule has 0 saturated carbocycles. The summed E-state index contributed by atoms with van der Waals surface area (Å²) in [4.78, 5) is 13.5. The number of carbonyl (C=O) groups is 1. The lowest BCUT2D eigenvalue weighted by Crippen LogP contribution is -2.37. The maximum Gasteiger partial charge on any atom is 0.320 e. The second kappa shape index (κ2) is 6.52. The number of esters is 1. The summed E-state index contributed by atoms with van der Waals surface area (Å²) in [6, 6.07) is 10.5. The van der Waals surface area contributed by atoms with Crippen LogP contribution in [0.5, 0.6) is 0 Å². The lowest BCUT2D eigenvalue weighted by Gasteiger charge is -2.21. The van der Waals surface area contributed by atoms with Crippen LogP contribution in [0.1, 0.15) is 12.5 Å². The molecule has 18 heavy (non-hydrogen) atoms. The zero-order valence-electron chi connectivity index (χ0n) is 10.7. The Hall–Kier alpha value is -1.39. The average molecular weight is 249 g/mol. The molecule has 0 N–H and O–H groups in total. The Morgan fingerprint density at radius 2 is 2.22 bits per heavy atom. The van der Waals surface area contributed by atoms with Gasteiger partial charge in [0.15, 0.2) is 0 Å². The van der Waals surface area contributed by atoms with Crippen molar-refractivity contribution >= 4 is 5.97 Å². The largest absolute Gasteiger partial charge is 0.465 e. The van der Waals surface area contributed by atoms with Gasteiger partial charge < -0.3 is 9.47 Å². The third kappa shape index (κ3) is 3.55. The van der Waals surface area contributed by atoms with Gasteiger partial charge in [-0.1, -0.05) is 30.3 Å². The smallest absolute Gasteiger partial charge is 0.320 e. The standard InChI is InChI=1S/C14H19NO3/c1-2-18-14(16)9-15-11-17-10-13(15)8-12-6-4-3-5-7-12/h3-7,13H,2,8-11H2,1H3/t13-/m0/s1. The van der Waals surface area contributed by atoms with E-state index in [1.54, 1.807) is 0 Å². The van der Waals surface area contributed by atoms with Crippen molar-refractivity contribution in [1.29, 1.82) is 0 Å². The summed E-state index contributed by atoms with van der Waals surface area (Å²) in [6.07, 6.45) is 0.903. The van der Waals surface area contributed by atoms with E-state index in [9.17, 15) is 4.79 Å². The Morgan fingerprint density at radius 1 is 1.44 bits per heavy atom. The van der Waals surface area contributed by atoms with Gasteiger partial charge in [0.1, 0.15) is 0 Å². The molecule has 1 aliphatic rings. The molecule has 0 bridgehead atoms. The van der Waals surface area contributed by atoms with Gasteiger partial charge in [0.05, 0.1) is 26.5 Å². The Bertz CT molecular complexity index is 380. The second-order valence-corrected chi connectivity index (χ2v) is 4.40. The molecular formula is C14H19NO3. The van der Waals surface area contributed by atoms with Crippen LogP contribution in [0.2, 0.25) is 0 Å². The van der Waals surface area contributed by atoms with Gasteiger partial charge in [-0.3, -0.25) is 9.69 Å². The number of hydrogen-bond acceptors (Lipinski definition) is 4. The number of carbonyl (C=O) groups excluding carboxylic acids is 1. The highest BCUT2D eigenvalue weighted by Crippen LogP contribution is 2.14. The number of nitrogens with zero attached hydrogens (tertiary/aromatic N) is 1. The van der Waals surface area contributed by atoms with Gasteiger partial charge in [0.2, 0.25) is 0 Å². The Balaban J connectivity index is 1.89. The van der Waals surface area contributed by atoms with Crippen molar-refractivity contribution in [3.63, 3.8) is 0 Å². The summed E-state index contributed by atoms with van der Waals surface area (Å²) < 4.78 is 10.4. The third-order valence-electron chi connectivity index (χ3n) is 3.04. The summed E-state index contributed by atoms with van der Waals surface area (Å²) in [5, 5.41) is 0. The number of benzene rings is 1. The van der Waals surface area contributed by atoms with Gasteiger partial charge in [0, 0.05) is 6.04 Å². The molecular weight excluding hydrogens is 230 g/mol. The predicted molar refractivity (Wildman–Crippen MR) is 68.1 cm³/mol. The molecule has 4 heteroatoms. The Morgan fingerprint density at radius 3 is 2.94 bits per heavy atom. The SMILES string of the molecule is CCOC(=O)CN1COC[C@@H]1Cc1ccccc1. The van der Waals surface area contributed by atoms with Crippen molar-refractivity contribution in [2.24, 2.45) is 0 Å². The van der Waals surface area contributed by atoms with Gasteiger partial charge in [0.25, 0.3) is 0 Å². The molecule has 0 unspecified atom stereocenters. The molecule has 1 aromatic carbocycles. The fourth-order valence-corrected chi connectivity index (χ4v) is 2.14. The topological polar surface area (TPSA) is 38.8 Å². The number of rotatable bonds is 5. The molecule has 0 spiro atoms. The van der Waals surface area contributed by atoms with Gasteiger partial charge in [-0.15, -0.1) is 0 Å². The van der Waals surface area contributed by atoms with E-state index in [1.807, 2.05) is 30.0 Å².